The van der Waals surface area contributed by atoms with Crippen LogP contribution >= 0.6 is 0 Å². The van der Waals surface area contributed by atoms with E-state index in [-0.39, 0.29) is 0 Å². The molecule has 0 aromatic heterocycles. The first kappa shape index (κ1) is 21.5. The Kier molecular flexibility index (Phi) is 16.4. The third-order valence-corrected chi connectivity index (χ3v) is 4.38. The van der Waals surface area contributed by atoms with Gasteiger partial charge in [0.15, 0.2) is 0 Å². The summed E-state index contributed by atoms with van der Waals surface area (Å²) in [6, 6.07) is 0. The first-order valence-electron chi connectivity index (χ1n) is 10.0. The van der Waals surface area contributed by atoms with Gasteiger partial charge in [-0.3, -0.25) is 4.79 Å². The van der Waals surface area contributed by atoms with Crippen LogP contribution in [0.3, 0.4) is 0 Å². The summed E-state index contributed by atoms with van der Waals surface area (Å²) < 4.78 is 0. The molecule has 0 bridgehead atoms. The molecule has 0 aromatic carbocycles. The molecule has 0 fully saturated rings. The normalized spacial score (nSPS) is 10.9. The number of amides is 1. The van der Waals surface area contributed by atoms with Gasteiger partial charge >= 0.3 is 0 Å². The lowest BCUT2D eigenvalue weighted by molar-refractivity contribution is -0.131. The molecule has 0 unspecified atom stereocenters. The lowest BCUT2D eigenvalue weighted by atomic mass is 10.1. The monoisotopic (exact) mass is 311 g/mol. The van der Waals surface area contributed by atoms with Gasteiger partial charge < -0.3 is 4.90 Å². The minimum Gasteiger partial charge on any atom is -0.343 e. The van der Waals surface area contributed by atoms with Crippen LogP contribution in [-0.4, -0.2) is 23.9 Å². The Bertz CT molecular complexity index is 224. The highest BCUT2D eigenvalue weighted by atomic mass is 16.2. The van der Waals surface area contributed by atoms with Crippen LogP contribution in [0.2, 0.25) is 0 Å². The first-order valence-corrected chi connectivity index (χ1v) is 10.0. The molecule has 2 nitrogen and oxygen atoms in total. The van der Waals surface area contributed by atoms with Crippen molar-refractivity contribution in [1.29, 1.82) is 0 Å². The van der Waals surface area contributed by atoms with Crippen LogP contribution < -0.4 is 0 Å². The number of carbonyl (C=O) groups excluding carboxylic acids is 1. The second-order valence-electron chi connectivity index (χ2n) is 6.67. The summed E-state index contributed by atoms with van der Waals surface area (Å²) in [6.07, 6.45) is 17.4. The summed E-state index contributed by atoms with van der Waals surface area (Å²) in [4.78, 5) is 14.3. The summed E-state index contributed by atoms with van der Waals surface area (Å²) in [6.45, 7) is 8.59. The van der Waals surface area contributed by atoms with Gasteiger partial charge in [0.1, 0.15) is 0 Å². The summed E-state index contributed by atoms with van der Waals surface area (Å²) >= 11 is 0. The van der Waals surface area contributed by atoms with Crippen molar-refractivity contribution < 1.29 is 4.79 Å². The Morgan fingerprint density at radius 1 is 0.591 bits per heavy atom. The maximum atomic E-state index is 12.2. The number of unbranched alkanes of at least 4 members (excludes halogenated alkanes) is 10. The summed E-state index contributed by atoms with van der Waals surface area (Å²) in [7, 11) is 0. The standard InChI is InChI=1S/C20H41NO/c1-4-7-9-11-13-15-18-21(20(22)17-6-3)19-16-14-12-10-8-5-2/h4-19H2,1-3H3. The average Bonchev–Trinajstić information content (AvgIpc) is 2.52. The molecule has 0 aromatic rings. The molecule has 0 aliphatic heterocycles. The SMILES string of the molecule is CCCCCCCCN(CCCCCCCC)C(=O)CCC. The largest absolute Gasteiger partial charge is 0.343 e. The molecule has 2 heteroatoms. The third-order valence-electron chi connectivity index (χ3n) is 4.38. The van der Waals surface area contributed by atoms with Gasteiger partial charge in [0.2, 0.25) is 5.91 Å². The fraction of sp³-hybridized carbons (Fsp3) is 0.950. The van der Waals surface area contributed by atoms with Crippen molar-refractivity contribution >= 4 is 5.91 Å². The zero-order valence-corrected chi connectivity index (χ0v) is 15.7. The lowest BCUT2D eigenvalue weighted by Crippen LogP contribution is -2.32. The van der Waals surface area contributed by atoms with Crippen LogP contribution in [0.25, 0.3) is 0 Å². The highest BCUT2D eigenvalue weighted by molar-refractivity contribution is 5.76. The van der Waals surface area contributed by atoms with Crippen molar-refractivity contribution in [3.8, 4) is 0 Å². The van der Waals surface area contributed by atoms with E-state index in [4.69, 9.17) is 0 Å². The van der Waals surface area contributed by atoms with E-state index in [1.165, 1.54) is 77.0 Å². The maximum absolute atomic E-state index is 12.2. The molecule has 0 saturated heterocycles. The summed E-state index contributed by atoms with van der Waals surface area (Å²) in [5, 5.41) is 0. The van der Waals surface area contributed by atoms with E-state index in [0.717, 1.165) is 25.9 Å². The molecule has 0 heterocycles. The predicted molar refractivity (Wildman–Crippen MR) is 98.2 cm³/mol. The van der Waals surface area contributed by atoms with Gasteiger partial charge in [-0.1, -0.05) is 85.0 Å². The smallest absolute Gasteiger partial charge is 0.222 e. The second-order valence-corrected chi connectivity index (χ2v) is 6.67. The molecule has 0 aliphatic carbocycles. The molecule has 0 saturated carbocycles. The van der Waals surface area contributed by atoms with E-state index >= 15 is 0 Å². The van der Waals surface area contributed by atoms with Gasteiger partial charge in [-0.25, -0.2) is 0 Å². The Morgan fingerprint density at radius 3 is 1.41 bits per heavy atom. The van der Waals surface area contributed by atoms with E-state index in [2.05, 4.69) is 25.7 Å². The van der Waals surface area contributed by atoms with Crippen LogP contribution in [0.5, 0.6) is 0 Å². The fourth-order valence-corrected chi connectivity index (χ4v) is 2.90. The highest BCUT2D eigenvalue weighted by Gasteiger charge is 2.11. The number of hydrogen-bond acceptors (Lipinski definition) is 1. The molecule has 0 atom stereocenters. The molecule has 0 radical (unpaired) electrons. The molecule has 22 heavy (non-hydrogen) atoms. The van der Waals surface area contributed by atoms with Crippen LogP contribution in [0.1, 0.15) is 111 Å². The number of hydrogen-bond donors (Lipinski definition) is 0. The zero-order valence-electron chi connectivity index (χ0n) is 15.7. The maximum Gasteiger partial charge on any atom is 0.222 e. The average molecular weight is 312 g/mol. The van der Waals surface area contributed by atoms with Crippen molar-refractivity contribution in [2.24, 2.45) is 0 Å². The molecule has 1 amide bonds. The Morgan fingerprint density at radius 2 is 1.00 bits per heavy atom. The van der Waals surface area contributed by atoms with Gasteiger partial charge in [0.05, 0.1) is 0 Å². The van der Waals surface area contributed by atoms with Gasteiger partial charge in [-0.05, 0) is 19.3 Å². The topological polar surface area (TPSA) is 20.3 Å². The summed E-state index contributed by atoms with van der Waals surface area (Å²) in [5.74, 6) is 0.379. The molecule has 0 spiro atoms. The molecule has 0 aliphatic rings. The van der Waals surface area contributed by atoms with Crippen molar-refractivity contribution in [2.45, 2.75) is 111 Å². The number of carbonyl (C=O) groups is 1. The van der Waals surface area contributed by atoms with Crippen molar-refractivity contribution in [1.82, 2.24) is 4.90 Å². The van der Waals surface area contributed by atoms with Crippen molar-refractivity contribution in [2.75, 3.05) is 13.1 Å². The van der Waals surface area contributed by atoms with Gasteiger partial charge in [-0.15, -0.1) is 0 Å². The minimum absolute atomic E-state index is 0.379. The fourth-order valence-electron chi connectivity index (χ4n) is 2.90. The molecule has 132 valence electrons. The molecular formula is C20H41NO. The van der Waals surface area contributed by atoms with Crippen molar-refractivity contribution in [3.05, 3.63) is 0 Å². The molecule has 0 N–H and O–H groups in total. The van der Waals surface area contributed by atoms with E-state index in [1.54, 1.807) is 0 Å². The van der Waals surface area contributed by atoms with E-state index in [1.807, 2.05) is 0 Å². The number of rotatable bonds is 16. The zero-order chi connectivity index (χ0) is 16.5. The molecular weight excluding hydrogens is 270 g/mol. The Balaban J connectivity index is 3.82. The van der Waals surface area contributed by atoms with Gasteiger partial charge in [0.25, 0.3) is 0 Å². The lowest BCUT2D eigenvalue weighted by Gasteiger charge is -2.22. The van der Waals surface area contributed by atoms with Crippen LogP contribution in [0.4, 0.5) is 0 Å². The van der Waals surface area contributed by atoms with Crippen molar-refractivity contribution in [3.63, 3.8) is 0 Å². The first-order chi connectivity index (χ1) is 10.8. The van der Waals surface area contributed by atoms with Crippen LogP contribution in [0.15, 0.2) is 0 Å². The Hall–Kier alpha value is -0.530. The highest BCUT2D eigenvalue weighted by Crippen LogP contribution is 2.10. The number of nitrogens with zero attached hydrogens (tertiary/aromatic N) is 1. The summed E-state index contributed by atoms with van der Waals surface area (Å²) in [5.41, 5.74) is 0. The van der Waals surface area contributed by atoms with E-state index in [0.29, 0.717) is 5.91 Å². The third kappa shape index (κ3) is 13.2. The van der Waals surface area contributed by atoms with E-state index in [9.17, 15) is 4.79 Å². The van der Waals surface area contributed by atoms with E-state index < -0.39 is 0 Å². The Labute approximate surface area is 140 Å². The van der Waals surface area contributed by atoms with Crippen LogP contribution in [0, 0.1) is 0 Å². The minimum atomic E-state index is 0.379. The quantitative estimate of drug-likeness (QED) is 0.305. The van der Waals surface area contributed by atoms with Gasteiger partial charge in [0, 0.05) is 19.5 Å². The predicted octanol–water partition coefficient (Wildman–Crippen LogP) is 6.34. The van der Waals surface area contributed by atoms with Gasteiger partial charge in [-0.2, -0.15) is 0 Å². The second kappa shape index (κ2) is 16.8. The molecule has 0 rings (SSSR count). The van der Waals surface area contributed by atoms with Crippen LogP contribution in [-0.2, 0) is 4.79 Å².